The number of hydrogen-bond acceptors (Lipinski definition) is 1. The van der Waals surface area contributed by atoms with Crippen molar-refractivity contribution in [2.75, 3.05) is 0 Å². The summed E-state index contributed by atoms with van der Waals surface area (Å²) in [6.07, 6.45) is 0. The first-order chi connectivity index (χ1) is 25.3. The van der Waals surface area contributed by atoms with Crippen molar-refractivity contribution in [2.45, 2.75) is 0 Å². The van der Waals surface area contributed by atoms with Crippen LogP contribution >= 0.6 is 0 Å². The van der Waals surface area contributed by atoms with Gasteiger partial charge in [-0.25, -0.2) is 0 Å². The Hall–Kier alpha value is -6.84. The van der Waals surface area contributed by atoms with E-state index in [0.717, 1.165) is 44.4 Å². The quantitative estimate of drug-likeness (QED) is 0.186. The lowest BCUT2D eigenvalue weighted by Crippen LogP contribution is -1.94. The van der Waals surface area contributed by atoms with E-state index in [9.17, 15) is 0 Å². The summed E-state index contributed by atoms with van der Waals surface area (Å²) in [5.41, 5.74) is 13.4. The summed E-state index contributed by atoms with van der Waals surface area (Å²) >= 11 is 0. The fourth-order valence-corrected chi connectivity index (χ4v) is 8.23. The van der Waals surface area contributed by atoms with Gasteiger partial charge in [0.05, 0.1) is 22.1 Å². The van der Waals surface area contributed by atoms with Gasteiger partial charge in [-0.3, -0.25) is 0 Å². The summed E-state index contributed by atoms with van der Waals surface area (Å²) in [7, 11) is 0. The van der Waals surface area contributed by atoms with Gasteiger partial charge in [0.15, 0.2) is 0 Å². The summed E-state index contributed by atoms with van der Waals surface area (Å²) in [5, 5.41) is 7.22. The molecule has 0 N–H and O–H groups in total. The molecule has 0 aliphatic carbocycles. The largest absolute Gasteiger partial charge is 0.455 e. The van der Waals surface area contributed by atoms with Crippen molar-refractivity contribution in [3.8, 4) is 33.6 Å². The third kappa shape index (κ3) is 4.19. The van der Waals surface area contributed by atoms with E-state index in [1.807, 2.05) is 0 Å². The van der Waals surface area contributed by atoms with Crippen molar-refractivity contribution in [3.05, 3.63) is 182 Å². The van der Waals surface area contributed by atoms with Crippen LogP contribution in [-0.4, -0.2) is 9.13 Å². The van der Waals surface area contributed by atoms with Crippen molar-refractivity contribution < 1.29 is 4.42 Å². The lowest BCUT2D eigenvalue weighted by molar-refractivity contribution is 0.670. The predicted octanol–water partition coefficient (Wildman–Crippen LogP) is 13.1. The van der Waals surface area contributed by atoms with Crippen LogP contribution < -0.4 is 0 Å². The van der Waals surface area contributed by atoms with E-state index < -0.39 is 0 Å². The predicted molar refractivity (Wildman–Crippen MR) is 213 cm³/mol. The zero-order valence-corrected chi connectivity index (χ0v) is 27.6. The average molecular weight is 651 g/mol. The number of fused-ring (bicyclic) bond motifs is 9. The van der Waals surface area contributed by atoms with E-state index in [2.05, 4.69) is 191 Å². The van der Waals surface area contributed by atoms with Gasteiger partial charge in [-0.2, -0.15) is 0 Å². The monoisotopic (exact) mass is 650 g/mol. The van der Waals surface area contributed by atoms with Gasteiger partial charge in [0.2, 0.25) is 0 Å². The minimum absolute atomic E-state index is 0.881. The molecule has 3 nitrogen and oxygen atoms in total. The van der Waals surface area contributed by atoms with E-state index in [4.69, 9.17) is 4.42 Å². The normalized spacial score (nSPS) is 11.9. The summed E-state index contributed by atoms with van der Waals surface area (Å²) < 4.78 is 11.5. The van der Waals surface area contributed by atoms with Crippen LogP contribution in [0.3, 0.4) is 0 Å². The van der Waals surface area contributed by atoms with Gasteiger partial charge >= 0.3 is 0 Å². The first-order valence-corrected chi connectivity index (χ1v) is 17.4. The lowest BCUT2D eigenvalue weighted by atomic mass is 10.0. The number of para-hydroxylation sites is 4. The Kier molecular flexibility index (Phi) is 5.96. The Morgan fingerprint density at radius 1 is 0.314 bits per heavy atom. The second-order valence-corrected chi connectivity index (χ2v) is 13.3. The molecule has 3 heterocycles. The van der Waals surface area contributed by atoms with Crippen LogP contribution in [0, 0.1) is 0 Å². The van der Waals surface area contributed by atoms with Gasteiger partial charge in [-0.05, 0) is 77.4 Å². The molecule has 11 rings (SSSR count). The highest BCUT2D eigenvalue weighted by Crippen LogP contribution is 2.40. The Labute approximate surface area is 293 Å². The van der Waals surface area contributed by atoms with Crippen LogP contribution in [0.25, 0.3) is 99.2 Å². The van der Waals surface area contributed by atoms with Crippen molar-refractivity contribution in [1.82, 2.24) is 9.13 Å². The maximum Gasteiger partial charge on any atom is 0.143 e. The molecule has 51 heavy (non-hydrogen) atoms. The van der Waals surface area contributed by atoms with Gasteiger partial charge in [0.1, 0.15) is 11.2 Å². The van der Waals surface area contributed by atoms with E-state index in [1.165, 1.54) is 54.7 Å². The molecule has 0 unspecified atom stereocenters. The Morgan fingerprint density at radius 3 is 1.61 bits per heavy atom. The van der Waals surface area contributed by atoms with Gasteiger partial charge in [0.25, 0.3) is 0 Å². The smallest absolute Gasteiger partial charge is 0.143 e. The van der Waals surface area contributed by atoms with Crippen LogP contribution in [0.1, 0.15) is 0 Å². The SMILES string of the molecule is c1ccc(-c2ccc3c(c2)c2ccccc2n3-c2ccc3oc4c(-c5cccc(-n6c7ccccc7c7ccccc76)c5)cccc4c3c2)cc1. The molecule has 0 aliphatic heterocycles. The standard InChI is InChI=1S/C48H30N2O/c1-2-12-31(13-3-1)32-24-26-46-41(29-32)39-18-6-9-23-45(39)50(46)35-25-27-47-42(30-35)40-20-11-19-36(48(40)51-47)33-14-10-15-34(28-33)49-43-21-7-4-16-37(43)38-17-5-8-22-44(38)49/h1-30H. The molecule has 0 atom stereocenters. The maximum absolute atomic E-state index is 6.71. The number of rotatable bonds is 4. The van der Waals surface area contributed by atoms with E-state index in [0.29, 0.717) is 0 Å². The third-order valence-electron chi connectivity index (χ3n) is 10.5. The molecule has 11 aromatic rings. The molecule has 0 saturated carbocycles. The first-order valence-electron chi connectivity index (χ1n) is 17.4. The number of furan rings is 1. The zero-order chi connectivity index (χ0) is 33.5. The number of aromatic nitrogens is 2. The molecule has 3 aromatic heterocycles. The van der Waals surface area contributed by atoms with Crippen LogP contribution in [0.2, 0.25) is 0 Å². The minimum Gasteiger partial charge on any atom is -0.455 e. The molecule has 8 aromatic carbocycles. The Bertz CT molecular complexity index is 3090. The van der Waals surface area contributed by atoms with Crippen LogP contribution in [0.5, 0.6) is 0 Å². The Balaban J connectivity index is 1.07. The second-order valence-electron chi connectivity index (χ2n) is 13.3. The van der Waals surface area contributed by atoms with Crippen molar-refractivity contribution in [2.24, 2.45) is 0 Å². The molecule has 0 aliphatic rings. The summed E-state index contributed by atoms with van der Waals surface area (Å²) in [6, 6.07) is 65.4. The molecule has 0 bridgehead atoms. The highest BCUT2D eigenvalue weighted by Gasteiger charge is 2.18. The van der Waals surface area contributed by atoms with E-state index in [-0.39, 0.29) is 0 Å². The fourth-order valence-electron chi connectivity index (χ4n) is 8.23. The molecular formula is C48H30N2O. The first kappa shape index (κ1) is 28.0. The maximum atomic E-state index is 6.71. The van der Waals surface area contributed by atoms with E-state index in [1.54, 1.807) is 0 Å². The van der Waals surface area contributed by atoms with Gasteiger partial charge < -0.3 is 13.6 Å². The fraction of sp³-hybridized carbons (Fsp3) is 0. The number of benzene rings is 8. The van der Waals surface area contributed by atoms with E-state index >= 15 is 0 Å². The molecule has 0 fully saturated rings. The number of nitrogens with zero attached hydrogens (tertiary/aromatic N) is 2. The van der Waals surface area contributed by atoms with Crippen molar-refractivity contribution >= 4 is 65.6 Å². The summed E-state index contributed by atoms with van der Waals surface area (Å²) in [5.74, 6) is 0. The topological polar surface area (TPSA) is 23.0 Å². The molecular weight excluding hydrogens is 621 g/mol. The lowest BCUT2D eigenvalue weighted by Gasteiger charge is -2.10. The molecule has 238 valence electrons. The van der Waals surface area contributed by atoms with Crippen LogP contribution in [0.4, 0.5) is 0 Å². The van der Waals surface area contributed by atoms with Crippen LogP contribution in [-0.2, 0) is 0 Å². The highest BCUT2D eigenvalue weighted by atomic mass is 16.3. The van der Waals surface area contributed by atoms with Crippen molar-refractivity contribution in [1.29, 1.82) is 0 Å². The zero-order valence-electron chi connectivity index (χ0n) is 27.6. The van der Waals surface area contributed by atoms with Crippen LogP contribution in [0.15, 0.2) is 186 Å². The Morgan fingerprint density at radius 2 is 0.882 bits per heavy atom. The average Bonchev–Trinajstić information content (AvgIpc) is 3.85. The third-order valence-corrected chi connectivity index (χ3v) is 10.5. The molecule has 0 amide bonds. The summed E-state index contributed by atoms with van der Waals surface area (Å²) in [6.45, 7) is 0. The molecule has 0 spiro atoms. The highest BCUT2D eigenvalue weighted by molar-refractivity contribution is 6.13. The van der Waals surface area contributed by atoms with Crippen molar-refractivity contribution in [3.63, 3.8) is 0 Å². The minimum atomic E-state index is 0.881. The van der Waals surface area contributed by atoms with Gasteiger partial charge in [0, 0.05) is 49.3 Å². The number of hydrogen-bond donors (Lipinski definition) is 0. The molecule has 3 heteroatoms. The summed E-state index contributed by atoms with van der Waals surface area (Å²) in [4.78, 5) is 0. The van der Waals surface area contributed by atoms with Gasteiger partial charge in [-0.15, -0.1) is 0 Å². The molecule has 0 radical (unpaired) electrons. The second kappa shape index (κ2) is 10.8. The van der Waals surface area contributed by atoms with Gasteiger partial charge in [-0.1, -0.05) is 121 Å². The molecule has 0 saturated heterocycles.